The molecule has 0 spiro atoms. The van der Waals surface area contributed by atoms with Crippen molar-refractivity contribution >= 4 is 16.7 Å². The van der Waals surface area contributed by atoms with Crippen molar-refractivity contribution in [3.63, 3.8) is 0 Å². The second-order valence-corrected chi connectivity index (χ2v) is 4.95. The Bertz CT molecular complexity index is 792. The summed E-state index contributed by atoms with van der Waals surface area (Å²) in [5.74, 6) is 0.826. The highest BCUT2D eigenvalue weighted by molar-refractivity contribution is 5.97. The molecule has 0 saturated heterocycles. The van der Waals surface area contributed by atoms with Crippen LogP contribution >= 0.6 is 0 Å². The van der Waals surface area contributed by atoms with Gasteiger partial charge in [0.15, 0.2) is 0 Å². The molecule has 0 fully saturated rings. The van der Waals surface area contributed by atoms with E-state index in [1.165, 1.54) is 16.8 Å². The Morgan fingerprint density at radius 3 is 3.00 bits per heavy atom. The first-order valence-electron chi connectivity index (χ1n) is 6.74. The number of ether oxygens (including phenoxy) is 1. The van der Waals surface area contributed by atoms with Gasteiger partial charge in [-0.25, -0.2) is 4.98 Å². The molecule has 1 aliphatic rings. The van der Waals surface area contributed by atoms with E-state index in [4.69, 9.17) is 4.74 Å². The minimum Gasteiger partial charge on any atom is -0.494 e. The molecule has 0 unspecified atom stereocenters. The first-order valence-corrected chi connectivity index (χ1v) is 6.74. The van der Waals surface area contributed by atoms with Crippen LogP contribution in [0.5, 0.6) is 5.75 Å². The van der Waals surface area contributed by atoms with Gasteiger partial charge in [-0.2, -0.15) is 0 Å². The van der Waals surface area contributed by atoms with Gasteiger partial charge >= 0.3 is 0 Å². The molecule has 0 aliphatic carbocycles. The molecule has 100 valence electrons. The van der Waals surface area contributed by atoms with Crippen LogP contribution in [-0.2, 0) is 6.42 Å². The third-order valence-corrected chi connectivity index (χ3v) is 3.92. The largest absolute Gasteiger partial charge is 0.494 e. The van der Waals surface area contributed by atoms with E-state index in [2.05, 4.69) is 39.6 Å². The fourth-order valence-corrected chi connectivity index (χ4v) is 2.99. The summed E-state index contributed by atoms with van der Waals surface area (Å²) in [5, 5.41) is 3.42. The summed E-state index contributed by atoms with van der Waals surface area (Å²) >= 11 is 0. The van der Waals surface area contributed by atoms with E-state index in [-0.39, 0.29) is 0 Å². The average Bonchev–Trinajstić information content (AvgIpc) is 3.14. The number of imidazole rings is 1. The molecule has 2 aromatic carbocycles. The summed E-state index contributed by atoms with van der Waals surface area (Å²) < 4.78 is 5.39. The van der Waals surface area contributed by atoms with Crippen molar-refractivity contribution in [1.29, 1.82) is 0 Å². The van der Waals surface area contributed by atoms with Crippen LogP contribution in [0.1, 0.15) is 5.56 Å². The van der Waals surface area contributed by atoms with E-state index in [0.29, 0.717) is 0 Å². The fraction of sp³-hybridized carbons (Fsp3) is 0.188. The van der Waals surface area contributed by atoms with Gasteiger partial charge in [-0.05, 0) is 35.7 Å². The van der Waals surface area contributed by atoms with Gasteiger partial charge in [0, 0.05) is 17.8 Å². The predicted molar refractivity (Wildman–Crippen MR) is 80.3 cm³/mol. The Labute approximate surface area is 116 Å². The molecule has 20 heavy (non-hydrogen) atoms. The van der Waals surface area contributed by atoms with Gasteiger partial charge in [-0.15, -0.1) is 0 Å². The van der Waals surface area contributed by atoms with Crippen molar-refractivity contribution in [2.24, 2.45) is 0 Å². The van der Waals surface area contributed by atoms with Crippen LogP contribution in [0.15, 0.2) is 36.7 Å². The van der Waals surface area contributed by atoms with Gasteiger partial charge < -0.3 is 15.0 Å². The Morgan fingerprint density at radius 2 is 2.10 bits per heavy atom. The number of aromatic nitrogens is 2. The van der Waals surface area contributed by atoms with Crippen molar-refractivity contribution < 1.29 is 4.74 Å². The van der Waals surface area contributed by atoms with Crippen LogP contribution in [-0.4, -0.2) is 23.6 Å². The standard InChI is InChI=1S/C16H15N3O/c1-20-14-6-5-12(15-16(14)19-9-18-15)10-3-2-4-13-11(10)7-8-17-13/h2-6,9,17H,7-8H2,1H3,(H,18,19). The summed E-state index contributed by atoms with van der Waals surface area (Å²) in [6.45, 7) is 1.01. The number of benzene rings is 2. The van der Waals surface area contributed by atoms with Gasteiger partial charge in [0.1, 0.15) is 11.3 Å². The number of hydrogen-bond donors (Lipinski definition) is 2. The number of H-pyrrole nitrogens is 1. The van der Waals surface area contributed by atoms with Gasteiger partial charge in [0.25, 0.3) is 0 Å². The summed E-state index contributed by atoms with van der Waals surface area (Å²) in [6, 6.07) is 10.5. The average molecular weight is 265 g/mol. The Morgan fingerprint density at radius 1 is 1.15 bits per heavy atom. The molecule has 0 radical (unpaired) electrons. The summed E-state index contributed by atoms with van der Waals surface area (Å²) in [5.41, 5.74) is 6.94. The van der Waals surface area contributed by atoms with Crippen LogP contribution in [0.4, 0.5) is 5.69 Å². The third kappa shape index (κ3) is 1.51. The highest BCUT2D eigenvalue weighted by atomic mass is 16.5. The molecule has 0 atom stereocenters. The quantitative estimate of drug-likeness (QED) is 0.748. The van der Waals surface area contributed by atoms with Gasteiger partial charge in [0.2, 0.25) is 0 Å². The van der Waals surface area contributed by atoms with Crippen LogP contribution in [0.3, 0.4) is 0 Å². The maximum Gasteiger partial charge on any atom is 0.144 e. The van der Waals surface area contributed by atoms with Gasteiger partial charge in [-0.3, -0.25) is 0 Å². The molecular weight excluding hydrogens is 250 g/mol. The number of methoxy groups -OCH3 is 1. The molecule has 4 heteroatoms. The molecular formula is C16H15N3O. The lowest BCUT2D eigenvalue weighted by Crippen LogP contribution is -1.90. The van der Waals surface area contributed by atoms with E-state index >= 15 is 0 Å². The molecule has 0 bridgehead atoms. The van der Waals surface area contributed by atoms with Crippen molar-refractivity contribution in [2.45, 2.75) is 6.42 Å². The summed E-state index contributed by atoms with van der Waals surface area (Å²) in [7, 11) is 1.68. The first-order chi connectivity index (χ1) is 9.88. The highest BCUT2D eigenvalue weighted by Crippen LogP contribution is 2.37. The number of nitrogens with one attached hydrogen (secondary N) is 2. The number of aromatic amines is 1. The Balaban J connectivity index is 2.00. The van der Waals surface area contributed by atoms with Crippen LogP contribution < -0.4 is 10.1 Å². The van der Waals surface area contributed by atoms with Crippen molar-refractivity contribution in [2.75, 3.05) is 19.0 Å². The highest BCUT2D eigenvalue weighted by Gasteiger charge is 2.18. The monoisotopic (exact) mass is 265 g/mol. The van der Waals surface area contributed by atoms with Gasteiger partial charge in [0.05, 0.1) is 19.0 Å². The van der Waals surface area contributed by atoms with Crippen LogP contribution in [0, 0.1) is 0 Å². The number of fused-ring (bicyclic) bond motifs is 2. The molecule has 1 aliphatic heterocycles. The van der Waals surface area contributed by atoms with E-state index in [0.717, 1.165) is 35.3 Å². The topological polar surface area (TPSA) is 49.9 Å². The molecule has 0 amide bonds. The molecule has 3 aromatic rings. The number of anilines is 1. The molecule has 4 nitrogen and oxygen atoms in total. The maximum absolute atomic E-state index is 5.39. The second-order valence-electron chi connectivity index (χ2n) is 4.95. The number of hydrogen-bond acceptors (Lipinski definition) is 3. The molecule has 2 heterocycles. The smallest absolute Gasteiger partial charge is 0.144 e. The SMILES string of the molecule is COc1ccc(-c2cccc3c2CCN3)c2nc[nH]c12. The van der Waals surface area contributed by atoms with E-state index < -0.39 is 0 Å². The molecule has 2 N–H and O–H groups in total. The van der Waals surface area contributed by atoms with Crippen LogP contribution in [0.2, 0.25) is 0 Å². The minimum absolute atomic E-state index is 0.826. The number of nitrogens with zero attached hydrogens (tertiary/aromatic N) is 1. The predicted octanol–water partition coefficient (Wildman–Crippen LogP) is 3.21. The molecule has 0 saturated carbocycles. The number of rotatable bonds is 2. The molecule has 1 aromatic heterocycles. The van der Waals surface area contributed by atoms with Crippen molar-refractivity contribution in [3.05, 3.63) is 42.2 Å². The molecule has 4 rings (SSSR count). The zero-order valence-electron chi connectivity index (χ0n) is 11.2. The van der Waals surface area contributed by atoms with E-state index in [1.54, 1.807) is 13.4 Å². The van der Waals surface area contributed by atoms with E-state index in [1.807, 2.05) is 6.07 Å². The fourth-order valence-electron chi connectivity index (χ4n) is 2.99. The summed E-state index contributed by atoms with van der Waals surface area (Å²) in [6.07, 6.45) is 2.78. The van der Waals surface area contributed by atoms with Crippen LogP contribution in [0.25, 0.3) is 22.2 Å². The summed E-state index contributed by atoms with van der Waals surface area (Å²) in [4.78, 5) is 7.64. The zero-order chi connectivity index (χ0) is 13.5. The first kappa shape index (κ1) is 11.3. The minimum atomic E-state index is 0.826. The van der Waals surface area contributed by atoms with Crippen molar-refractivity contribution in [3.8, 4) is 16.9 Å². The Hall–Kier alpha value is -2.49. The van der Waals surface area contributed by atoms with Crippen molar-refractivity contribution in [1.82, 2.24) is 9.97 Å². The lowest BCUT2D eigenvalue weighted by Gasteiger charge is -2.10. The maximum atomic E-state index is 5.39. The van der Waals surface area contributed by atoms with E-state index in [9.17, 15) is 0 Å². The second kappa shape index (κ2) is 4.27. The lowest BCUT2D eigenvalue weighted by atomic mass is 9.96. The van der Waals surface area contributed by atoms with Gasteiger partial charge in [-0.1, -0.05) is 12.1 Å². The lowest BCUT2D eigenvalue weighted by molar-refractivity contribution is 0.419. The zero-order valence-corrected chi connectivity index (χ0v) is 11.2. The normalized spacial score (nSPS) is 13.2. The third-order valence-electron chi connectivity index (χ3n) is 3.92. The Kier molecular flexibility index (Phi) is 2.42.